The van der Waals surface area contributed by atoms with Crippen LogP contribution in [0.25, 0.3) is 0 Å². The number of hydrogen-bond donors (Lipinski definition) is 1. The second-order valence-corrected chi connectivity index (χ2v) is 5.74. The number of halogens is 3. The van der Waals surface area contributed by atoms with Gasteiger partial charge in [0.05, 0.1) is 5.56 Å². The van der Waals surface area contributed by atoms with Crippen LogP contribution in [0.5, 0.6) is 0 Å². The lowest BCUT2D eigenvalue weighted by molar-refractivity contribution is 0.102. The van der Waals surface area contributed by atoms with Crippen LogP contribution in [0.1, 0.15) is 10.4 Å². The monoisotopic (exact) mass is 351 g/mol. The van der Waals surface area contributed by atoms with E-state index in [1.54, 1.807) is 6.07 Å². The van der Waals surface area contributed by atoms with Gasteiger partial charge in [-0.2, -0.15) is 0 Å². The molecule has 1 amide bonds. The Labute approximate surface area is 142 Å². The number of carbonyl (C=O) groups is 1. The molecule has 1 aromatic heterocycles. The quantitative estimate of drug-likeness (QED) is 0.856. The summed E-state index contributed by atoms with van der Waals surface area (Å²) < 4.78 is 39.8. The molecule has 0 saturated carbocycles. The maximum Gasteiger partial charge on any atom is 0.259 e. The second kappa shape index (κ2) is 7.06. The summed E-state index contributed by atoms with van der Waals surface area (Å²) in [5.74, 6) is -4.76. The summed E-state index contributed by atoms with van der Waals surface area (Å²) in [6, 6.07) is 4.77. The van der Waals surface area contributed by atoms with Crippen molar-refractivity contribution in [1.82, 2.24) is 15.1 Å². The van der Waals surface area contributed by atoms with Crippen LogP contribution in [-0.4, -0.2) is 54.2 Å². The minimum atomic E-state index is -1.69. The van der Waals surface area contributed by atoms with Crippen LogP contribution in [-0.2, 0) is 0 Å². The van der Waals surface area contributed by atoms with E-state index in [2.05, 4.69) is 25.3 Å². The van der Waals surface area contributed by atoms with Gasteiger partial charge in [0.15, 0.2) is 29.1 Å². The summed E-state index contributed by atoms with van der Waals surface area (Å²) in [5, 5.41) is 10.2. The molecule has 1 saturated heterocycles. The molecular weight excluding hydrogens is 335 g/mol. The molecule has 0 unspecified atom stereocenters. The smallest absolute Gasteiger partial charge is 0.259 e. The molecule has 132 valence electrons. The number of anilines is 2. The Kier molecular flexibility index (Phi) is 4.84. The van der Waals surface area contributed by atoms with E-state index in [1.165, 1.54) is 6.07 Å². The third-order valence-corrected chi connectivity index (χ3v) is 4.00. The zero-order chi connectivity index (χ0) is 18.0. The van der Waals surface area contributed by atoms with Crippen molar-refractivity contribution in [3.8, 4) is 0 Å². The largest absolute Gasteiger partial charge is 0.353 e. The van der Waals surface area contributed by atoms with Gasteiger partial charge < -0.3 is 15.1 Å². The van der Waals surface area contributed by atoms with Gasteiger partial charge in [0, 0.05) is 26.2 Å². The van der Waals surface area contributed by atoms with E-state index in [9.17, 15) is 18.0 Å². The van der Waals surface area contributed by atoms with Crippen molar-refractivity contribution in [2.75, 3.05) is 43.4 Å². The number of nitrogens with zero attached hydrogens (tertiary/aromatic N) is 4. The maximum absolute atomic E-state index is 13.6. The van der Waals surface area contributed by atoms with E-state index in [1.807, 2.05) is 7.05 Å². The van der Waals surface area contributed by atoms with Crippen molar-refractivity contribution < 1.29 is 18.0 Å². The third kappa shape index (κ3) is 3.71. The molecular formula is C16H16F3N5O. The summed E-state index contributed by atoms with van der Waals surface area (Å²) >= 11 is 0. The molecule has 0 aliphatic carbocycles. The lowest BCUT2D eigenvalue weighted by atomic mass is 10.2. The number of benzene rings is 1. The van der Waals surface area contributed by atoms with Gasteiger partial charge in [-0.1, -0.05) is 0 Å². The topological polar surface area (TPSA) is 61.4 Å². The molecule has 0 spiro atoms. The summed E-state index contributed by atoms with van der Waals surface area (Å²) in [7, 11) is 2.04. The third-order valence-electron chi connectivity index (χ3n) is 4.00. The number of likely N-dealkylation sites (N-methyl/N-ethyl adjacent to an activating group) is 1. The van der Waals surface area contributed by atoms with Crippen LogP contribution in [0, 0.1) is 17.5 Å². The Morgan fingerprint density at radius 2 is 1.72 bits per heavy atom. The normalized spacial score (nSPS) is 15.3. The minimum absolute atomic E-state index is 0.0898. The Balaban J connectivity index is 1.69. The Hall–Kier alpha value is -2.68. The molecule has 9 heteroatoms. The molecule has 1 aliphatic heterocycles. The molecule has 6 nitrogen and oxygen atoms in total. The standard InChI is InChI=1S/C16H16F3N5O/c1-23-6-8-24(9-7-23)13-5-4-12(21-22-13)20-16(25)10-2-3-11(17)15(19)14(10)18/h2-5H,6-9H2,1H3,(H,20,21,25). The molecule has 1 aliphatic rings. The van der Waals surface area contributed by atoms with Gasteiger partial charge >= 0.3 is 0 Å². The fraction of sp³-hybridized carbons (Fsp3) is 0.312. The second-order valence-electron chi connectivity index (χ2n) is 5.74. The Bertz CT molecular complexity index is 776. The van der Waals surface area contributed by atoms with Crippen molar-refractivity contribution in [1.29, 1.82) is 0 Å². The minimum Gasteiger partial charge on any atom is -0.353 e. The first-order valence-electron chi connectivity index (χ1n) is 7.68. The van der Waals surface area contributed by atoms with Crippen LogP contribution in [0.3, 0.4) is 0 Å². The van der Waals surface area contributed by atoms with Crippen molar-refractivity contribution in [3.05, 3.63) is 47.3 Å². The number of carbonyl (C=O) groups excluding carboxylic acids is 1. The zero-order valence-electron chi connectivity index (χ0n) is 13.5. The molecule has 2 heterocycles. The first-order chi connectivity index (χ1) is 12.0. The van der Waals surface area contributed by atoms with E-state index in [0.29, 0.717) is 11.9 Å². The molecule has 0 radical (unpaired) electrons. The SMILES string of the molecule is CN1CCN(c2ccc(NC(=O)c3ccc(F)c(F)c3F)nn2)CC1. The Morgan fingerprint density at radius 3 is 2.36 bits per heavy atom. The highest BCUT2D eigenvalue weighted by molar-refractivity contribution is 6.03. The fourth-order valence-electron chi connectivity index (χ4n) is 2.48. The Morgan fingerprint density at radius 1 is 1.00 bits per heavy atom. The highest BCUT2D eigenvalue weighted by atomic mass is 19.2. The highest BCUT2D eigenvalue weighted by Gasteiger charge is 2.20. The van der Waals surface area contributed by atoms with Crippen molar-refractivity contribution in [2.45, 2.75) is 0 Å². The van der Waals surface area contributed by atoms with Crippen molar-refractivity contribution >= 4 is 17.5 Å². The van der Waals surface area contributed by atoms with E-state index < -0.39 is 28.9 Å². The van der Waals surface area contributed by atoms with E-state index >= 15 is 0 Å². The van der Waals surface area contributed by atoms with Crippen LogP contribution in [0.2, 0.25) is 0 Å². The van der Waals surface area contributed by atoms with Gasteiger partial charge in [0.25, 0.3) is 5.91 Å². The lowest BCUT2D eigenvalue weighted by Gasteiger charge is -2.32. The van der Waals surface area contributed by atoms with Crippen LogP contribution in [0.15, 0.2) is 24.3 Å². The van der Waals surface area contributed by atoms with Gasteiger partial charge in [-0.3, -0.25) is 4.79 Å². The fourth-order valence-corrected chi connectivity index (χ4v) is 2.48. The van der Waals surface area contributed by atoms with Crippen LogP contribution in [0.4, 0.5) is 24.8 Å². The van der Waals surface area contributed by atoms with E-state index in [0.717, 1.165) is 32.2 Å². The number of piperazine rings is 1. The molecule has 2 aromatic rings. The predicted molar refractivity (Wildman–Crippen MR) is 86.0 cm³/mol. The summed E-state index contributed by atoms with van der Waals surface area (Å²) in [4.78, 5) is 16.3. The van der Waals surface area contributed by atoms with E-state index in [-0.39, 0.29) is 5.82 Å². The summed E-state index contributed by atoms with van der Waals surface area (Å²) in [5.41, 5.74) is -0.608. The summed E-state index contributed by atoms with van der Waals surface area (Å²) in [6.45, 7) is 3.46. The lowest BCUT2D eigenvalue weighted by Crippen LogP contribution is -2.44. The molecule has 1 fully saturated rings. The van der Waals surface area contributed by atoms with Gasteiger partial charge in [-0.15, -0.1) is 10.2 Å². The first kappa shape index (κ1) is 17.2. The van der Waals surface area contributed by atoms with Crippen LogP contribution >= 0.6 is 0 Å². The number of hydrogen-bond acceptors (Lipinski definition) is 5. The van der Waals surface area contributed by atoms with Gasteiger partial charge in [-0.05, 0) is 31.3 Å². The first-order valence-corrected chi connectivity index (χ1v) is 7.68. The predicted octanol–water partition coefficient (Wildman–Crippen LogP) is 1.90. The van der Waals surface area contributed by atoms with Gasteiger partial charge in [-0.25, -0.2) is 13.2 Å². The number of amides is 1. The highest BCUT2D eigenvalue weighted by Crippen LogP contribution is 2.17. The van der Waals surface area contributed by atoms with E-state index in [4.69, 9.17) is 0 Å². The van der Waals surface area contributed by atoms with Crippen molar-refractivity contribution in [2.24, 2.45) is 0 Å². The molecule has 25 heavy (non-hydrogen) atoms. The number of rotatable bonds is 3. The van der Waals surface area contributed by atoms with Gasteiger partial charge in [0.1, 0.15) is 0 Å². The molecule has 3 rings (SSSR count). The van der Waals surface area contributed by atoms with Crippen molar-refractivity contribution in [3.63, 3.8) is 0 Å². The average molecular weight is 351 g/mol. The van der Waals surface area contributed by atoms with Crippen LogP contribution < -0.4 is 10.2 Å². The zero-order valence-corrected chi connectivity index (χ0v) is 13.5. The average Bonchev–Trinajstić information content (AvgIpc) is 2.61. The number of nitrogens with one attached hydrogen (secondary N) is 1. The molecule has 1 aromatic carbocycles. The molecule has 1 N–H and O–H groups in total. The summed E-state index contributed by atoms with van der Waals surface area (Å²) in [6.07, 6.45) is 0. The number of aromatic nitrogens is 2. The van der Waals surface area contributed by atoms with Gasteiger partial charge in [0.2, 0.25) is 0 Å². The molecule has 0 atom stereocenters. The molecule has 0 bridgehead atoms. The maximum atomic E-state index is 13.6.